The Bertz CT molecular complexity index is 293. The molecular weight excluding hydrogens is 198 g/mol. The van der Waals surface area contributed by atoms with Crippen molar-refractivity contribution in [3.63, 3.8) is 0 Å². The second-order valence-corrected chi connectivity index (χ2v) is 4.86. The van der Waals surface area contributed by atoms with Gasteiger partial charge in [-0.3, -0.25) is 0 Å². The smallest absolute Gasteiger partial charge is 0.107 e. The summed E-state index contributed by atoms with van der Waals surface area (Å²) < 4.78 is 0. The first kappa shape index (κ1) is 11.6. The highest BCUT2D eigenvalue weighted by Gasteiger charge is 2.17. The van der Waals surface area contributed by atoms with Crippen LogP contribution in [0.15, 0.2) is 30.3 Å². The molecule has 2 nitrogen and oxygen atoms in total. The maximum Gasteiger partial charge on any atom is 0.107 e. The molecule has 0 amide bonds. The standard InChI is InChI=1S/C14H21NO/c16-14(11-13-7-3-1-4-8-13)12-15-9-5-2-6-10-15/h1,3-4,7-8,14,16H,2,5-6,9-12H2/p+1. The molecule has 2 heteroatoms. The molecule has 2 rings (SSSR count). The fourth-order valence-corrected chi connectivity index (χ4v) is 2.55. The molecule has 1 unspecified atom stereocenters. The number of quaternary nitrogens is 1. The van der Waals surface area contributed by atoms with Gasteiger partial charge in [-0.05, 0) is 24.8 Å². The Hall–Kier alpha value is -0.860. The van der Waals surface area contributed by atoms with Gasteiger partial charge < -0.3 is 10.0 Å². The number of aliphatic hydroxyl groups is 1. The molecule has 88 valence electrons. The van der Waals surface area contributed by atoms with Crippen LogP contribution in [0.1, 0.15) is 24.8 Å². The lowest BCUT2D eigenvalue weighted by Gasteiger charge is -2.25. The van der Waals surface area contributed by atoms with Crippen LogP contribution >= 0.6 is 0 Å². The fourth-order valence-electron chi connectivity index (χ4n) is 2.55. The van der Waals surface area contributed by atoms with Crippen LogP contribution in [0, 0.1) is 0 Å². The van der Waals surface area contributed by atoms with Crippen molar-refractivity contribution in [2.75, 3.05) is 19.6 Å². The Morgan fingerprint density at radius 3 is 2.44 bits per heavy atom. The first-order valence-corrected chi connectivity index (χ1v) is 6.40. The van der Waals surface area contributed by atoms with E-state index in [1.807, 2.05) is 18.2 Å². The topological polar surface area (TPSA) is 24.7 Å². The van der Waals surface area contributed by atoms with Crippen molar-refractivity contribution in [1.29, 1.82) is 0 Å². The van der Waals surface area contributed by atoms with E-state index in [0.29, 0.717) is 0 Å². The van der Waals surface area contributed by atoms with E-state index in [9.17, 15) is 5.11 Å². The lowest BCUT2D eigenvalue weighted by atomic mass is 10.1. The van der Waals surface area contributed by atoms with Crippen LogP contribution in [0.4, 0.5) is 0 Å². The molecule has 2 N–H and O–H groups in total. The van der Waals surface area contributed by atoms with Crippen LogP contribution in [0.3, 0.4) is 0 Å². The van der Waals surface area contributed by atoms with E-state index in [2.05, 4.69) is 12.1 Å². The summed E-state index contributed by atoms with van der Waals surface area (Å²) in [5, 5.41) is 10.0. The minimum absolute atomic E-state index is 0.185. The van der Waals surface area contributed by atoms with Gasteiger partial charge in [-0.1, -0.05) is 30.3 Å². The van der Waals surface area contributed by atoms with E-state index in [-0.39, 0.29) is 6.10 Å². The molecule has 0 bridgehead atoms. The summed E-state index contributed by atoms with van der Waals surface area (Å²) in [5.74, 6) is 0. The summed E-state index contributed by atoms with van der Waals surface area (Å²) in [7, 11) is 0. The van der Waals surface area contributed by atoms with E-state index in [1.165, 1.54) is 37.9 Å². The molecule has 0 radical (unpaired) electrons. The summed E-state index contributed by atoms with van der Waals surface area (Å²) in [6.45, 7) is 3.40. The number of aliphatic hydroxyl groups excluding tert-OH is 1. The maximum absolute atomic E-state index is 10.0. The summed E-state index contributed by atoms with van der Waals surface area (Å²) in [4.78, 5) is 1.58. The van der Waals surface area contributed by atoms with E-state index in [4.69, 9.17) is 0 Å². The van der Waals surface area contributed by atoms with Gasteiger partial charge in [0.1, 0.15) is 12.6 Å². The fraction of sp³-hybridized carbons (Fsp3) is 0.571. The van der Waals surface area contributed by atoms with Crippen molar-refractivity contribution < 1.29 is 10.0 Å². The van der Waals surface area contributed by atoms with Crippen molar-refractivity contribution in [1.82, 2.24) is 0 Å². The molecule has 1 aliphatic heterocycles. The summed E-state index contributed by atoms with van der Waals surface area (Å²) in [6.07, 6.45) is 4.64. The number of piperidine rings is 1. The Kier molecular flexibility index (Phi) is 4.37. The molecule has 1 fully saturated rings. The molecule has 0 saturated carbocycles. The third kappa shape index (κ3) is 3.62. The van der Waals surface area contributed by atoms with Crippen LogP contribution in [0.2, 0.25) is 0 Å². The van der Waals surface area contributed by atoms with Gasteiger partial charge in [-0.15, -0.1) is 0 Å². The number of rotatable bonds is 4. The highest BCUT2D eigenvalue weighted by molar-refractivity contribution is 5.15. The number of hydrogen-bond acceptors (Lipinski definition) is 1. The third-order valence-electron chi connectivity index (χ3n) is 3.40. The van der Waals surface area contributed by atoms with Gasteiger partial charge in [-0.2, -0.15) is 0 Å². The van der Waals surface area contributed by atoms with Crippen LogP contribution in [-0.2, 0) is 6.42 Å². The second-order valence-electron chi connectivity index (χ2n) is 4.86. The van der Waals surface area contributed by atoms with Gasteiger partial charge in [0.2, 0.25) is 0 Å². The lowest BCUT2D eigenvalue weighted by Crippen LogP contribution is -3.13. The molecule has 1 aromatic carbocycles. The predicted molar refractivity (Wildman–Crippen MR) is 65.6 cm³/mol. The summed E-state index contributed by atoms with van der Waals surface area (Å²) in [6, 6.07) is 10.3. The van der Waals surface area contributed by atoms with Crippen molar-refractivity contribution in [3.8, 4) is 0 Å². The van der Waals surface area contributed by atoms with Crippen LogP contribution in [0.25, 0.3) is 0 Å². The van der Waals surface area contributed by atoms with Gasteiger partial charge in [0.05, 0.1) is 13.1 Å². The second kappa shape index (κ2) is 6.02. The maximum atomic E-state index is 10.0. The first-order chi connectivity index (χ1) is 7.84. The molecule has 16 heavy (non-hydrogen) atoms. The largest absolute Gasteiger partial charge is 0.387 e. The predicted octanol–water partition coefficient (Wildman–Crippen LogP) is 0.659. The van der Waals surface area contributed by atoms with Crippen molar-refractivity contribution in [2.24, 2.45) is 0 Å². The van der Waals surface area contributed by atoms with E-state index in [1.54, 1.807) is 4.90 Å². The van der Waals surface area contributed by atoms with E-state index in [0.717, 1.165) is 13.0 Å². The highest BCUT2D eigenvalue weighted by Crippen LogP contribution is 2.02. The molecule has 1 aromatic rings. The summed E-state index contributed by atoms with van der Waals surface area (Å²) >= 11 is 0. The van der Waals surface area contributed by atoms with Gasteiger partial charge in [-0.25, -0.2) is 0 Å². The van der Waals surface area contributed by atoms with Gasteiger partial charge in [0, 0.05) is 6.42 Å². The molecule has 1 heterocycles. The molecular formula is C14H22NO+. The number of nitrogens with one attached hydrogen (secondary N) is 1. The van der Waals surface area contributed by atoms with Crippen LogP contribution < -0.4 is 4.90 Å². The van der Waals surface area contributed by atoms with Gasteiger partial charge >= 0.3 is 0 Å². The lowest BCUT2D eigenvalue weighted by molar-refractivity contribution is -0.907. The monoisotopic (exact) mass is 220 g/mol. The quantitative estimate of drug-likeness (QED) is 0.765. The van der Waals surface area contributed by atoms with Crippen molar-refractivity contribution in [2.45, 2.75) is 31.8 Å². The van der Waals surface area contributed by atoms with Gasteiger partial charge in [0.25, 0.3) is 0 Å². The highest BCUT2D eigenvalue weighted by atomic mass is 16.3. The zero-order valence-electron chi connectivity index (χ0n) is 9.86. The van der Waals surface area contributed by atoms with Gasteiger partial charge in [0.15, 0.2) is 0 Å². The van der Waals surface area contributed by atoms with Crippen LogP contribution in [-0.4, -0.2) is 30.8 Å². The minimum atomic E-state index is -0.185. The third-order valence-corrected chi connectivity index (χ3v) is 3.40. The van der Waals surface area contributed by atoms with Crippen molar-refractivity contribution >= 4 is 0 Å². The Morgan fingerprint density at radius 1 is 1.06 bits per heavy atom. The minimum Gasteiger partial charge on any atom is -0.387 e. The number of likely N-dealkylation sites (tertiary alicyclic amines) is 1. The Balaban J connectivity index is 1.77. The molecule has 0 spiro atoms. The molecule has 1 aliphatic rings. The number of benzene rings is 1. The zero-order chi connectivity index (χ0) is 11.2. The average Bonchev–Trinajstić information content (AvgIpc) is 2.31. The molecule has 0 aliphatic carbocycles. The van der Waals surface area contributed by atoms with E-state index >= 15 is 0 Å². The molecule has 0 aromatic heterocycles. The Labute approximate surface area is 97.9 Å². The SMILES string of the molecule is OC(Cc1ccccc1)C[NH+]1CCCCC1. The Morgan fingerprint density at radius 2 is 1.75 bits per heavy atom. The summed E-state index contributed by atoms with van der Waals surface area (Å²) in [5.41, 5.74) is 1.24. The first-order valence-electron chi connectivity index (χ1n) is 6.40. The van der Waals surface area contributed by atoms with Crippen molar-refractivity contribution in [3.05, 3.63) is 35.9 Å². The average molecular weight is 220 g/mol. The normalized spacial score (nSPS) is 19.6. The van der Waals surface area contributed by atoms with E-state index < -0.39 is 0 Å². The molecule has 1 saturated heterocycles. The zero-order valence-corrected chi connectivity index (χ0v) is 9.86. The number of hydrogen-bond donors (Lipinski definition) is 2. The molecule has 1 atom stereocenters. The van der Waals surface area contributed by atoms with Crippen LogP contribution in [0.5, 0.6) is 0 Å².